The molecule has 1 atom stereocenters. The molecule has 0 spiro atoms. The molecule has 1 N–H and O–H groups in total. The summed E-state index contributed by atoms with van der Waals surface area (Å²) < 4.78 is 6.92. The number of hydrogen-bond acceptors (Lipinski definition) is 4. The lowest BCUT2D eigenvalue weighted by atomic mass is 10.0. The Balaban J connectivity index is 1.74. The average Bonchev–Trinajstić information content (AvgIpc) is 3.05. The molecule has 2 heterocycles. The quantitative estimate of drug-likeness (QED) is 0.749. The summed E-state index contributed by atoms with van der Waals surface area (Å²) >= 11 is 0. The third-order valence-electron chi connectivity index (χ3n) is 4.06. The number of nitrogens with one attached hydrogen (secondary N) is 1. The molecule has 25 heavy (non-hydrogen) atoms. The Morgan fingerprint density at radius 3 is 2.64 bits per heavy atom. The van der Waals surface area contributed by atoms with Crippen molar-refractivity contribution in [2.24, 2.45) is 0 Å². The van der Waals surface area contributed by atoms with Crippen LogP contribution in [0.3, 0.4) is 0 Å². The maximum Gasteiger partial charge on any atom is 0.272 e. The van der Waals surface area contributed by atoms with Gasteiger partial charge in [-0.3, -0.25) is 4.79 Å². The zero-order valence-electron chi connectivity index (χ0n) is 14.7. The second-order valence-electron chi connectivity index (χ2n) is 5.82. The first-order valence-electron chi connectivity index (χ1n) is 8.49. The Morgan fingerprint density at radius 2 is 1.96 bits per heavy atom. The summed E-state index contributed by atoms with van der Waals surface area (Å²) in [5, 5.41) is 7.25. The summed E-state index contributed by atoms with van der Waals surface area (Å²) in [5.41, 5.74) is 3.27. The molecule has 0 aliphatic rings. The normalized spacial score (nSPS) is 12.1. The molecule has 0 aliphatic carbocycles. The van der Waals surface area contributed by atoms with Gasteiger partial charge in [0.1, 0.15) is 5.69 Å². The molecule has 0 unspecified atom stereocenters. The Kier molecular flexibility index (Phi) is 4.97. The van der Waals surface area contributed by atoms with Crippen LogP contribution in [-0.2, 0) is 6.42 Å². The number of carbonyl (C=O) groups is 1. The number of hydrogen-bond donors (Lipinski definition) is 1. The number of imidazole rings is 1. The van der Waals surface area contributed by atoms with E-state index in [1.165, 1.54) is 5.56 Å². The fourth-order valence-electron chi connectivity index (χ4n) is 2.59. The van der Waals surface area contributed by atoms with Crippen molar-refractivity contribution >= 4 is 11.6 Å². The van der Waals surface area contributed by atoms with Gasteiger partial charge in [0.2, 0.25) is 5.88 Å². The predicted molar refractivity (Wildman–Crippen MR) is 95.9 cm³/mol. The lowest BCUT2D eigenvalue weighted by molar-refractivity contribution is 0.0935. The number of benzene rings is 1. The van der Waals surface area contributed by atoms with Crippen LogP contribution < -0.4 is 10.1 Å². The molecule has 0 radical (unpaired) electrons. The summed E-state index contributed by atoms with van der Waals surface area (Å²) in [6.45, 7) is 6.51. The maximum atomic E-state index is 12.5. The maximum absolute atomic E-state index is 12.5. The van der Waals surface area contributed by atoms with E-state index in [0.717, 1.165) is 12.0 Å². The highest BCUT2D eigenvalue weighted by Gasteiger charge is 2.15. The number of fused-ring (bicyclic) bond motifs is 1. The number of aromatic nitrogens is 3. The van der Waals surface area contributed by atoms with Crippen molar-refractivity contribution < 1.29 is 9.53 Å². The highest BCUT2D eigenvalue weighted by molar-refractivity contribution is 5.93. The number of ether oxygens (including phenoxy) is 1. The van der Waals surface area contributed by atoms with E-state index < -0.39 is 0 Å². The molecule has 2 aromatic heterocycles. The van der Waals surface area contributed by atoms with Crippen molar-refractivity contribution in [1.82, 2.24) is 19.9 Å². The summed E-state index contributed by atoms with van der Waals surface area (Å²) in [5.74, 6) is 0.277. The lowest BCUT2D eigenvalue weighted by Crippen LogP contribution is -2.26. The molecule has 1 amide bonds. The molecule has 0 saturated carbocycles. The van der Waals surface area contributed by atoms with Gasteiger partial charge in [-0.25, -0.2) is 9.50 Å². The van der Waals surface area contributed by atoms with Crippen LogP contribution in [0.5, 0.6) is 5.88 Å². The third kappa shape index (κ3) is 3.79. The number of aryl methyl sites for hydroxylation is 1. The highest BCUT2D eigenvalue weighted by atomic mass is 16.5. The summed E-state index contributed by atoms with van der Waals surface area (Å²) in [7, 11) is 0. The van der Waals surface area contributed by atoms with Crippen LogP contribution >= 0.6 is 0 Å². The van der Waals surface area contributed by atoms with Gasteiger partial charge in [0, 0.05) is 6.07 Å². The van der Waals surface area contributed by atoms with E-state index in [0.29, 0.717) is 23.8 Å². The van der Waals surface area contributed by atoms with E-state index in [2.05, 4.69) is 34.5 Å². The van der Waals surface area contributed by atoms with Gasteiger partial charge >= 0.3 is 0 Å². The predicted octanol–water partition coefficient (Wildman–Crippen LogP) is 3.18. The highest BCUT2D eigenvalue weighted by Crippen LogP contribution is 2.15. The molecule has 130 valence electrons. The second-order valence-corrected chi connectivity index (χ2v) is 5.82. The molecule has 0 aliphatic heterocycles. The van der Waals surface area contributed by atoms with Crippen LogP contribution in [0.15, 0.2) is 42.6 Å². The van der Waals surface area contributed by atoms with E-state index in [1.807, 2.05) is 26.0 Å². The molecule has 1 aromatic carbocycles. The van der Waals surface area contributed by atoms with E-state index in [9.17, 15) is 4.79 Å². The molecule has 3 rings (SSSR count). The van der Waals surface area contributed by atoms with E-state index in [-0.39, 0.29) is 11.9 Å². The molecular formula is C19H22N4O2. The van der Waals surface area contributed by atoms with Gasteiger partial charge < -0.3 is 10.1 Å². The van der Waals surface area contributed by atoms with Crippen molar-refractivity contribution in [3.8, 4) is 5.88 Å². The molecule has 3 aromatic rings. The van der Waals surface area contributed by atoms with E-state index in [1.54, 1.807) is 22.8 Å². The van der Waals surface area contributed by atoms with E-state index >= 15 is 0 Å². The third-order valence-corrected chi connectivity index (χ3v) is 4.06. The molecule has 0 saturated heterocycles. The first-order chi connectivity index (χ1) is 12.1. The Labute approximate surface area is 146 Å². The average molecular weight is 338 g/mol. The van der Waals surface area contributed by atoms with Gasteiger partial charge in [0.15, 0.2) is 5.65 Å². The van der Waals surface area contributed by atoms with Gasteiger partial charge in [0.25, 0.3) is 5.91 Å². The zero-order valence-corrected chi connectivity index (χ0v) is 14.7. The molecule has 6 heteroatoms. The Hall–Kier alpha value is -2.89. The van der Waals surface area contributed by atoms with Crippen LogP contribution in [0.1, 0.15) is 48.4 Å². The molecule has 0 fully saturated rings. The number of carbonyl (C=O) groups excluding carboxylic acids is 1. The molecular weight excluding hydrogens is 316 g/mol. The first kappa shape index (κ1) is 17.0. The number of nitrogens with zero attached hydrogens (tertiary/aromatic N) is 3. The largest absolute Gasteiger partial charge is 0.477 e. The van der Waals surface area contributed by atoms with Gasteiger partial charge in [-0.1, -0.05) is 31.2 Å². The van der Waals surface area contributed by atoms with Gasteiger partial charge in [-0.05, 0) is 37.5 Å². The van der Waals surface area contributed by atoms with Crippen molar-refractivity contribution in [3.05, 3.63) is 59.4 Å². The van der Waals surface area contributed by atoms with Crippen LogP contribution in [0.2, 0.25) is 0 Å². The van der Waals surface area contributed by atoms with Gasteiger partial charge in [-0.15, -0.1) is 5.10 Å². The summed E-state index contributed by atoms with van der Waals surface area (Å²) in [6.07, 6.45) is 2.61. The van der Waals surface area contributed by atoms with Crippen LogP contribution in [-0.4, -0.2) is 27.1 Å². The summed E-state index contributed by atoms with van der Waals surface area (Å²) in [4.78, 5) is 16.8. The minimum atomic E-state index is -0.226. The first-order valence-corrected chi connectivity index (χ1v) is 8.49. The number of rotatable bonds is 6. The monoisotopic (exact) mass is 338 g/mol. The van der Waals surface area contributed by atoms with Crippen molar-refractivity contribution in [2.75, 3.05) is 6.61 Å². The second kappa shape index (κ2) is 7.34. The Morgan fingerprint density at radius 1 is 1.20 bits per heavy atom. The van der Waals surface area contributed by atoms with Crippen LogP contribution in [0.4, 0.5) is 0 Å². The fraction of sp³-hybridized carbons (Fsp3) is 0.316. The summed E-state index contributed by atoms with van der Waals surface area (Å²) in [6, 6.07) is 11.7. The standard InChI is InChI=1S/C19H22N4O2/c1-4-14-6-8-15(9-7-14)13(3)20-19(24)16-12-23-17(21-16)10-11-18(22-23)25-5-2/h6-13H,4-5H2,1-3H3,(H,20,24)/t13-/m0/s1. The smallest absolute Gasteiger partial charge is 0.272 e. The van der Waals surface area contributed by atoms with Crippen molar-refractivity contribution in [3.63, 3.8) is 0 Å². The van der Waals surface area contributed by atoms with Gasteiger partial charge in [0.05, 0.1) is 18.8 Å². The van der Waals surface area contributed by atoms with Crippen LogP contribution in [0.25, 0.3) is 5.65 Å². The minimum Gasteiger partial charge on any atom is -0.477 e. The topological polar surface area (TPSA) is 68.5 Å². The van der Waals surface area contributed by atoms with Crippen LogP contribution in [0, 0.1) is 0 Å². The Bertz CT molecular complexity index is 871. The van der Waals surface area contributed by atoms with Crippen molar-refractivity contribution in [1.29, 1.82) is 0 Å². The molecule has 0 bridgehead atoms. The number of amides is 1. The van der Waals surface area contributed by atoms with Gasteiger partial charge in [-0.2, -0.15) is 0 Å². The van der Waals surface area contributed by atoms with Crippen molar-refractivity contribution in [2.45, 2.75) is 33.2 Å². The molecule has 6 nitrogen and oxygen atoms in total. The SMILES string of the molecule is CCOc1ccc2nc(C(=O)N[C@@H](C)c3ccc(CC)cc3)cn2n1. The fourth-order valence-corrected chi connectivity index (χ4v) is 2.59. The minimum absolute atomic E-state index is 0.102. The lowest BCUT2D eigenvalue weighted by Gasteiger charge is -2.13. The van der Waals surface area contributed by atoms with E-state index in [4.69, 9.17) is 4.74 Å². The zero-order chi connectivity index (χ0) is 17.8.